The first-order chi connectivity index (χ1) is 15.4. The van der Waals surface area contributed by atoms with Crippen molar-refractivity contribution in [2.24, 2.45) is 5.92 Å². The predicted molar refractivity (Wildman–Crippen MR) is 129 cm³/mol. The van der Waals surface area contributed by atoms with Crippen molar-refractivity contribution in [3.05, 3.63) is 53.1 Å². The lowest BCUT2D eigenvalue weighted by atomic mass is 10.1. The summed E-state index contributed by atoms with van der Waals surface area (Å²) in [7, 11) is -0.335. The maximum Gasteiger partial charge on any atom is 0.339 e. The second-order valence-electron chi connectivity index (χ2n) is 8.21. The maximum absolute atomic E-state index is 12.9. The van der Waals surface area contributed by atoms with Crippen LogP contribution in [0.15, 0.2) is 47.4 Å². The molecule has 0 aliphatic heterocycles. The molecule has 0 spiro atoms. The first-order valence-corrected chi connectivity index (χ1v) is 12.2. The largest absolute Gasteiger partial charge is 0.379 e. The Bertz CT molecular complexity index is 1090. The summed E-state index contributed by atoms with van der Waals surface area (Å²) in [5.74, 6) is -0.444. The van der Waals surface area contributed by atoms with Gasteiger partial charge in [-0.2, -0.15) is 8.42 Å². The third-order valence-corrected chi connectivity index (χ3v) is 6.15. The van der Waals surface area contributed by atoms with Gasteiger partial charge in [0.15, 0.2) is 0 Å². The van der Waals surface area contributed by atoms with Crippen LogP contribution in [0.2, 0.25) is 5.02 Å². The number of anilines is 1. The molecule has 8 nitrogen and oxygen atoms in total. The van der Waals surface area contributed by atoms with E-state index in [1.54, 1.807) is 11.0 Å². The van der Waals surface area contributed by atoms with E-state index in [1.165, 1.54) is 43.3 Å². The van der Waals surface area contributed by atoms with E-state index in [-0.39, 0.29) is 34.9 Å². The van der Waals surface area contributed by atoms with Crippen molar-refractivity contribution < 1.29 is 22.2 Å². The molecular formula is C23H30ClN3O5S. The summed E-state index contributed by atoms with van der Waals surface area (Å²) in [5.41, 5.74) is 0.950. The first kappa shape index (κ1) is 26.6. The molecule has 0 heterocycles. The molecule has 180 valence electrons. The fourth-order valence-electron chi connectivity index (χ4n) is 2.99. The van der Waals surface area contributed by atoms with Gasteiger partial charge in [-0.25, -0.2) is 0 Å². The molecule has 0 aliphatic carbocycles. The summed E-state index contributed by atoms with van der Waals surface area (Å²) >= 11 is 6.17. The summed E-state index contributed by atoms with van der Waals surface area (Å²) in [6.45, 7) is 6.26. The molecule has 0 saturated heterocycles. The van der Waals surface area contributed by atoms with Crippen LogP contribution in [-0.4, -0.2) is 57.2 Å². The quantitative estimate of drug-likeness (QED) is 0.506. The van der Waals surface area contributed by atoms with Gasteiger partial charge in [0.2, 0.25) is 11.8 Å². The van der Waals surface area contributed by atoms with Crippen LogP contribution in [0.1, 0.15) is 26.3 Å². The molecule has 2 aromatic carbocycles. The highest BCUT2D eigenvalue weighted by atomic mass is 35.5. The Kier molecular flexibility index (Phi) is 9.27. The van der Waals surface area contributed by atoms with Crippen LogP contribution in [0, 0.1) is 5.92 Å². The van der Waals surface area contributed by atoms with Crippen LogP contribution in [0.5, 0.6) is 5.75 Å². The average molecular weight is 496 g/mol. The molecule has 0 atom stereocenters. The van der Waals surface area contributed by atoms with Gasteiger partial charge in [0.25, 0.3) is 0 Å². The second kappa shape index (κ2) is 11.5. The van der Waals surface area contributed by atoms with Crippen LogP contribution < -0.4 is 9.50 Å². The molecule has 33 heavy (non-hydrogen) atoms. The third kappa shape index (κ3) is 8.03. The Hall–Kier alpha value is -2.62. The number of rotatable bonds is 10. The number of halogens is 1. The predicted octanol–water partition coefficient (Wildman–Crippen LogP) is 3.61. The van der Waals surface area contributed by atoms with Crippen LogP contribution >= 0.6 is 11.6 Å². The van der Waals surface area contributed by atoms with Gasteiger partial charge in [0, 0.05) is 48.7 Å². The molecule has 2 rings (SSSR count). The van der Waals surface area contributed by atoms with Gasteiger partial charge < -0.3 is 19.3 Å². The molecule has 10 heteroatoms. The molecule has 2 aromatic rings. The molecule has 0 aliphatic rings. The number of likely N-dealkylation sites (N-methyl/N-ethyl adjacent to an activating group) is 1. The monoisotopic (exact) mass is 495 g/mol. The van der Waals surface area contributed by atoms with E-state index in [9.17, 15) is 18.0 Å². The zero-order valence-electron chi connectivity index (χ0n) is 19.5. The molecule has 1 N–H and O–H groups in total. The lowest BCUT2D eigenvalue weighted by Crippen LogP contribution is -2.38. The fourth-order valence-corrected chi connectivity index (χ4v) is 4.15. The van der Waals surface area contributed by atoms with Gasteiger partial charge in [-0.15, -0.1) is 0 Å². The van der Waals surface area contributed by atoms with Crippen molar-refractivity contribution in [1.82, 2.24) is 9.80 Å². The van der Waals surface area contributed by atoms with Crippen molar-refractivity contribution in [3.63, 3.8) is 0 Å². The zero-order valence-corrected chi connectivity index (χ0v) is 21.0. The zero-order chi connectivity index (χ0) is 24.8. The highest BCUT2D eigenvalue weighted by Gasteiger charge is 2.23. The number of carbonyl (C=O) groups is 2. The molecule has 0 radical (unpaired) electrons. The van der Waals surface area contributed by atoms with Gasteiger partial charge in [0.1, 0.15) is 10.6 Å². The molecule has 0 saturated carbocycles. The summed E-state index contributed by atoms with van der Waals surface area (Å²) in [4.78, 5) is 27.5. The Morgan fingerprint density at radius 2 is 1.70 bits per heavy atom. The minimum atomic E-state index is -4.16. The van der Waals surface area contributed by atoms with E-state index in [2.05, 4.69) is 5.32 Å². The lowest BCUT2D eigenvalue weighted by molar-refractivity contribution is -0.135. The highest BCUT2D eigenvalue weighted by molar-refractivity contribution is 7.87. The van der Waals surface area contributed by atoms with Crippen LogP contribution in [0.3, 0.4) is 0 Å². The van der Waals surface area contributed by atoms with Gasteiger partial charge in [-0.3, -0.25) is 9.59 Å². The van der Waals surface area contributed by atoms with Crippen molar-refractivity contribution in [3.8, 4) is 5.75 Å². The summed E-state index contributed by atoms with van der Waals surface area (Å²) < 4.78 is 31.2. The minimum absolute atomic E-state index is 0.0563. The lowest BCUT2D eigenvalue weighted by Gasteiger charge is -2.27. The van der Waals surface area contributed by atoms with Crippen LogP contribution in [0.25, 0.3) is 0 Å². The molecular weight excluding hydrogens is 466 g/mol. The summed E-state index contributed by atoms with van der Waals surface area (Å²) in [5, 5.41) is 2.98. The molecule has 0 aromatic heterocycles. The Morgan fingerprint density at radius 3 is 2.24 bits per heavy atom. The van der Waals surface area contributed by atoms with Crippen molar-refractivity contribution >= 4 is 39.2 Å². The number of nitrogens with one attached hydrogen (secondary N) is 1. The summed E-state index contributed by atoms with van der Waals surface area (Å²) in [6.07, 6.45) is 0. The van der Waals surface area contributed by atoms with Crippen molar-refractivity contribution in [2.45, 2.75) is 32.2 Å². The number of benzene rings is 2. The SMILES string of the molecule is CC(=O)Nc1ccc(S(=O)(=O)Oc2ccc(Cl)cc2CN(CCN(C)C)C(=O)C(C)C)cc1. The Morgan fingerprint density at radius 1 is 1.06 bits per heavy atom. The van der Waals surface area contributed by atoms with Gasteiger partial charge in [-0.1, -0.05) is 25.4 Å². The Labute approximate surface area is 200 Å². The number of hydrogen-bond acceptors (Lipinski definition) is 6. The number of nitrogens with zero attached hydrogens (tertiary/aromatic N) is 2. The van der Waals surface area contributed by atoms with Crippen LogP contribution in [0.4, 0.5) is 5.69 Å². The topological polar surface area (TPSA) is 96.0 Å². The molecule has 2 amide bonds. The first-order valence-electron chi connectivity index (χ1n) is 10.4. The van der Waals surface area contributed by atoms with E-state index in [1.807, 2.05) is 32.8 Å². The van der Waals surface area contributed by atoms with Crippen molar-refractivity contribution in [2.75, 3.05) is 32.5 Å². The minimum Gasteiger partial charge on any atom is -0.379 e. The highest BCUT2D eigenvalue weighted by Crippen LogP contribution is 2.28. The smallest absolute Gasteiger partial charge is 0.339 e. The Balaban J connectivity index is 2.32. The summed E-state index contributed by atoms with van der Waals surface area (Å²) in [6, 6.07) is 10.3. The standard InChI is InChI=1S/C23H30ClN3O5S/c1-16(2)23(29)27(13-12-26(4)5)15-18-14-19(24)6-11-22(18)32-33(30,31)21-9-7-20(8-10-21)25-17(3)28/h6-11,14,16H,12-13,15H2,1-5H3,(H,25,28). The van der Waals surface area contributed by atoms with E-state index in [0.717, 1.165) is 0 Å². The number of carbonyl (C=O) groups excluding carboxylic acids is 2. The third-order valence-electron chi connectivity index (χ3n) is 4.67. The van der Waals surface area contributed by atoms with Crippen LogP contribution in [-0.2, 0) is 26.3 Å². The van der Waals surface area contributed by atoms with Crippen molar-refractivity contribution in [1.29, 1.82) is 0 Å². The van der Waals surface area contributed by atoms with E-state index < -0.39 is 10.1 Å². The number of amides is 2. The fraction of sp³-hybridized carbons (Fsp3) is 0.391. The van der Waals surface area contributed by atoms with E-state index in [0.29, 0.717) is 29.4 Å². The molecule has 0 bridgehead atoms. The van der Waals surface area contributed by atoms with Gasteiger partial charge in [-0.05, 0) is 56.6 Å². The van der Waals surface area contributed by atoms with Gasteiger partial charge >= 0.3 is 10.1 Å². The maximum atomic E-state index is 12.9. The van der Waals surface area contributed by atoms with E-state index in [4.69, 9.17) is 15.8 Å². The van der Waals surface area contributed by atoms with E-state index >= 15 is 0 Å². The second-order valence-corrected chi connectivity index (χ2v) is 10.2. The molecule has 0 unspecified atom stereocenters. The normalized spacial score (nSPS) is 11.5. The molecule has 0 fully saturated rings. The number of hydrogen-bond donors (Lipinski definition) is 1. The van der Waals surface area contributed by atoms with Gasteiger partial charge in [0.05, 0.1) is 0 Å². The average Bonchev–Trinajstić information content (AvgIpc) is 2.72.